The molecule has 1 fully saturated rings. The summed E-state index contributed by atoms with van der Waals surface area (Å²) in [6.07, 6.45) is 1.43. The van der Waals surface area contributed by atoms with Gasteiger partial charge in [-0.25, -0.2) is 9.69 Å². The van der Waals surface area contributed by atoms with E-state index in [0.29, 0.717) is 22.7 Å². The molecule has 0 atom stereocenters. The number of methoxy groups -OCH3 is 2. The molecule has 1 saturated heterocycles. The summed E-state index contributed by atoms with van der Waals surface area (Å²) >= 11 is 2.08. The Morgan fingerprint density at radius 1 is 1.00 bits per heavy atom. The fourth-order valence-corrected chi connectivity index (χ4v) is 3.79. The van der Waals surface area contributed by atoms with Gasteiger partial charge in [-0.15, -0.1) is 0 Å². The third-order valence-electron chi connectivity index (χ3n) is 4.62. The second-order valence-electron chi connectivity index (χ2n) is 6.46. The van der Waals surface area contributed by atoms with Crippen LogP contribution in [0, 0.1) is 17.4 Å². The lowest BCUT2D eigenvalue weighted by Crippen LogP contribution is -2.54. The van der Waals surface area contributed by atoms with Gasteiger partial charge in [0.2, 0.25) is 0 Å². The van der Waals surface area contributed by atoms with Gasteiger partial charge in [-0.05, 0) is 83.5 Å². The van der Waals surface area contributed by atoms with Crippen LogP contribution < -0.4 is 19.7 Å². The number of aryl methyl sites for hydroxylation is 2. The lowest BCUT2D eigenvalue weighted by molar-refractivity contribution is -0.122. The number of barbiturate groups is 1. The highest BCUT2D eigenvalue weighted by atomic mass is 127. The van der Waals surface area contributed by atoms with E-state index in [1.54, 1.807) is 24.3 Å². The molecule has 0 bridgehead atoms. The highest BCUT2D eigenvalue weighted by Crippen LogP contribution is 2.34. The Morgan fingerprint density at radius 2 is 1.72 bits per heavy atom. The number of halogens is 1. The van der Waals surface area contributed by atoms with Crippen molar-refractivity contribution in [3.8, 4) is 11.5 Å². The van der Waals surface area contributed by atoms with E-state index in [4.69, 9.17) is 9.47 Å². The second kappa shape index (κ2) is 8.24. The first-order valence-corrected chi connectivity index (χ1v) is 9.75. The van der Waals surface area contributed by atoms with E-state index in [9.17, 15) is 14.4 Å². The Balaban J connectivity index is 2.06. The number of nitrogens with one attached hydrogen (secondary N) is 1. The zero-order valence-electron chi connectivity index (χ0n) is 16.3. The van der Waals surface area contributed by atoms with E-state index in [2.05, 4.69) is 27.9 Å². The number of nitrogens with zero attached hydrogens (tertiary/aromatic N) is 1. The van der Waals surface area contributed by atoms with E-state index in [1.807, 2.05) is 19.9 Å². The molecule has 7 nitrogen and oxygen atoms in total. The summed E-state index contributed by atoms with van der Waals surface area (Å²) in [5, 5.41) is 2.23. The summed E-state index contributed by atoms with van der Waals surface area (Å²) in [6.45, 7) is 3.82. The molecule has 1 heterocycles. The number of ether oxygens (including phenoxy) is 2. The van der Waals surface area contributed by atoms with Gasteiger partial charge in [0.05, 0.1) is 23.5 Å². The summed E-state index contributed by atoms with van der Waals surface area (Å²) in [5.74, 6) is -0.407. The number of rotatable bonds is 4. The Morgan fingerprint density at radius 3 is 2.34 bits per heavy atom. The molecule has 0 aromatic heterocycles. The lowest BCUT2D eigenvalue weighted by Gasteiger charge is -2.27. The quantitative estimate of drug-likeness (QED) is 0.390. The lowest BCUT2D eigenvalue weighted by atomic mass is 10.0. The van der Waals surface area contributed by atoms with Gasteiger partial charge in [0.1, 0.15) is 5.57 Å². The average Bonchev–Trinajstić information content (AvgIpc) is 2.67. The molecule has 0 unspecified atom stereocenters. The summed E-state index contributed by atoms with van der Waals surface area (Å²) in [6, 6.07) is 7.87. The van der Waals surface area contributed by atoms with Crippen molar-refractivity contribution >= 4 is 52.2 Å². The molecule has 2 aromatic rings. The van der Waals surface area contributed by atoms with Crippen LogP contribution in [-0.2, 0) is 9.59 Å². The number of hydrogen-bond donors (Lipinski definition) is 1. The number of imide groups is 2. The first kappa shape index (κ1) is 20.8. The van der Waals surface area contributed by atoms with Gasteiger partial charge in [-0.2, -0.15) is 0 Å². The van der Waals surface area contributed by atoms with Gasteiger partial charge < -0.3 is 9.47 Å². The summed E-state index contributed by atoms with van der Waals surface area (Å²) < 4.78 is 11.4. The van der Waals surface area contributed by atoms with Gasteiger partial charge in [-0.1, -0.05) is 6.07 Å². The van der Waals surface area contributed by atoms with Crippen molar-refractivity contribution in [3.63, 3.8) is 0 Å². The highest BCUT2D eigenvalue weighted by Gasteiger charge is 2.37. The zero-order valence-corrected chi connectivity index (χ0v) is 18.5. The summed E-state index contributed by atoms with van der Waals surface area (Å²) in [5.41, 5.74) is 2.78. The van der Waals surface area contributed by atoms with Crippen molar-refractivity contribution in [1.82, 2.24) is 5.32 Å². The highest BCUT2D eigenvalue weighted by molar-refractivity contribution is 14.1. The third kappa shape index (κ3) is 3.98. The van der Waals surface area contributed by atoms with Crippen LogP contribution in [0.15, 0.2) is 35.9 Å². The summed E-state index contributed by atoms with van der Waals surface area (Å²) in [7, 11) is 3.03. The molecule has 1 N–H and O–H groups in total. The van der Waals surface area contributed by atoms with Gasteiger partial charge in [0.15, 0.2) is 11.5 Å². The Kier molecular flexibility index (Phi) is 5.92. The zero-order chi connectivity index (χ0) is 21.3. The predicted octanol–water partition coefficient (Wildman–Crippen LogP) is 3.59. The number of urea groups is 1. The number of benzene rings is 2. The number of hydrogen-bond acceptors (Lipinski definition) is 5. The van der Waals surface area contributed by atoms with Crippen LogP contribution in [-0.4, -0.2) is 32.1 Å². The number of carbonyl (C=O) groups excluding carboxylic acids is 3. The molecule has 1 aliphatic heterocycles. The molecule has 2 aromatic carbocycles. The second-order valence-corrected chi connectivity index (χ2v) is 7.63. The molecule has 0 spiro atoms. The molecule has 8 heteroatoms. The minimum absolute atomic E-state index is 0.147. The van der Waals surface area contributed by atoms with Gasteiger partial charge in [-0.3, -0.25) is 14.9 Å². The minimum Gasteiger partial charge on any atom is -0.493 e. The maximum Gasteiger partial charge on any atom is 0.335 e. The van der Waals surface area contributed by atoms with Crippen molar-refractivity contribution in [3.05, 3.63) is 56.2 Å². The maximum atomic E-state index is 13.0. The molecule has 1 aliphatic rings. The minimum atomic E-state index is -0.776. The first-order valence-electron chi connectivity index (χ1n) is 8.67. The molecule has 4 amide bonds. The van der Waals surface area contributed by atoms with Gasteiger partial charge >= 0.3 is 6.03 Å². The van der Waals surface area contributed by atoms with Gasteiger partial charge in [0, 0.05) is 0 Å². The van der Waals surface area contributed by atoms with E-state index >= 15 is 0 Å². The van der Waals surface area contributed by atoms with Crippen molar-refractivity contribution in [2.75, 3.05) is 19.1 Å². The monoisotopic (exact) mass is 506 g/mol. The van der Waals surface area contributed by atoms with Crippen LogP contribution in [0.2, 0.25) is 0 Å². The van der Waals surface area contributed by atoms with E-state index in [0.717, 1.165) is 19.6 Å². The molecule has 3 rings (SSSR count). The number of anilines is 1. The molecule has 0 aliphatic carbocycles. The molecule has 0 radical (unpaired) electrons. The van der Waals surface area contributed by atoms with Crippen molar-refractivity contribution in [1.29, 1.82) is 0 Å². The SMILES string of the molecule is COc1cc(/C=C2\C(=O)NC(=O)N(c3ccc(C)c(C)c3)C2=O)cc(I)c1OC. The van der Waals surface area contributed by atoms with Crippen LogP contribution in [0.3, 0.4) is 0 Å². The largest absolute Gasteiger partial charge is 0.493 e. The van der Waals surface area contributed by atoms with Gasteiger partial charge in [0.25, 0.3) is 11.8 Å². The van der Waals surface area contributed by atoms with Crippen molar-refractivity contribution < 1.29 is 23.9 Å². The molecular formula is C21H19IN2O5. The van der Waals surface area contributed by atoms with Crippen LogP contribution in [0.4, 0.5) is 10.5 Å². The van der Waals surface area contributed by atoms with E-state index < -0.39 is 17.8 Å². The Hall–Kier alpha value is -2.88. The van der Waals surface area contributed by atoms with Crippen LogP contribution in [0.25, 0.3) is 6.08 Å². The number of amides is 4. The fourth-order valence-electron chi connectivity index (χ4n) is 2.94. The van der Waals surface area contributed by atoms with Crippen molar-refractivity contribution in [2.45, 2.75) is 13.8 Å². The Bertz CT molecular complexity index is 1060. The predicted molar refractivity (Wildman–Crippen MR) is 117 cm³/mol. The molecule has 150 valence electrons. The molecule has 29 heavy (non-hydrogen) atoms. The van der Waals surface area contributed by atoms with Crippen molar-refractivity contribution in [2.24, 2.45) is 0 Å². The maximum absolute atomic E-state index is 13.0. The number of carbonyl (C=O) groups is 3. The molecule has 0 saturated carbocycles. The fraction of sp³-hybridized carbons (Fsp3) is 0.190. The van der Waals surface area contributed by atoms with Crippen LogP contribution >= 0.6 is 22.6 Å². The van der Waals surface area contributed by atoms with E-state index in [1.165, 1.54) is 20.3 Å². The third-order valence-corrected chi connectivity index (χ3v) is 5.42. The summed E-state index contributed by atoms with van der Waals surface area (Å²) in [4.78, 5) is 38.7. The van der Waals surface area contributed by atoms with E-state index in [-0.39, 0.29) is 5.57 Å². The van der Waals surface area contributed by atoms with Crippen LogP contribution in [0.5, 0.6) is 11.5 Å². The normalized spacial score (nSPS) is 15.6. The topological polar surface area (TPSA) is 84.9 Å². The smallest absolute Gasteiger partial charge is 0.335 e. The van der Waals surface area contributed by atoms with Crippen LogP contribution in [0.1, 0.15) is 16.7 Å². The Labute approximate surface area is 181 Å². The first-order chi connectivity index (χ1) is 13.8. The standard InChI is InChI=1S/C21H19IN2O5/c1-11-5-6-14(7-12(11)2)24-20(26)15(19(25)23-21(24)27)8-13-9-16(22)18(29-4)17(10-13)28-3/h5-10H,1-4H3,(H,23,25,27)/b15-8+. The average molecular weight is 506 g/mol. The molecular weight excluding hydrogens is 487 g/mol.